The molecule has 0 spiro atoms. The van der Waals surface area contributed by atoms with Crippen molar-refractivity contribution in [2.45, 2.75) is 20.0 Å². The molecule has 0 amide bonds. The third-order valence-corrected chi connectivity index (χ3v) is 1.16. The number of rotatable bonds is 4. The van der Waals surface area contributed by atoms with E-state index in [0.29, 0.717) is 5.57 Å². The largest absolute Gasteiger partial charge is 0.455 e. The van der Waals surface area contributed by atoms with Crippen molar-refractivity contribution in [2.75, 3.05) is 0 Å². The lowest BCUT2D eigenvalue weighted by atomic mass is 10.3. The maximum Gasteiger partial charge on any atom is 0.333 e. The van der Waals surface area contributed by atoms with Crippen molar-refractivity contribution in [3.63, 3.8) is 0 Å². The van der Waals surface area contributed by atoms with Crippen LogP contribution in [0.1, 0.15) is 13.8 Å². The highest BCUT2D eigenvalue weighted by atomic mass is 16.5. The topological polar surface area (TPSA) is 26.3 Å². The van der Waals surface area contributed by atoms with Gasteiger partial charge in [-0.25, -0.2) is 4.79 Å². The molecular formula is C10H14O2. The molecule has 0 rings (SSSR count). The molecule has 0 radical (unpaired) electrons. The number of ether oxygens (including phenoxy) is 1. The number of esters is 1. The van der Waals surface area contributed by atoms with Crippen LogP contribution in [0.4, 0.5) is 0 Å². The van der Waals surface area contributed by atoms with E-state index in [1.807, 2.05) is 0 Å². The second-order valence-corrected chi connectivity index (χ2v) is 2.51. The van der Waals surface area contributed by atoms with Gasteiger partial charge >= 0.3 is 5.97 Å². The molecule has 1 unspecified atom stereocenters. The van der Waals surface area contributed by atoms with E-state index in [2.05, 4.69) is 13.2 Å². The molecule has 0 saturated heterocycles. The first kappa shape index (κ1) is 10.7. The Kier molecular flexibility index (Phi) is 4.77. The summed E-state index contributed by atoms with van der Waals surface area (Å²) in [5.41, 5.74) is 0.411. The van der Waals surface area contributed by atoms with E-state index in [0.717, 1.165) is 0 Å². The van der Waals surface area contributed by atoms with Crippen LogP contribution in [-0.2, 0) is 9.53 Å². The van der Waals surface area contributed by atoms with Crippen molar-refractivity contribution < 1.29 is 9.53 Å². The van der Waals surface area contributed by atoms with Crippen LogP contribution in [0.25, 0.3) is 0 Å². The minimum absolute atomic E-state index is 0.229. The first-order valence-electron chi connectivity index (χ1n) is 3.73. The molecule has 12 heavy (non-hydrogen) atoms. The number of carbonyl (C=O) groups excluding carboxylic acids is 1. The zero-order valence-corrected chi connectivity index (χ0v) is 7.54. The molecule has 0 aromatic heterocycles. The second kappa shape index (κ2) is 5.35. The Balaban J connectivity index is 3.92. The van der Waals surface area contributed by atoms with Gasteiger partial charge in [0.25, 0.3) is 0 Å². The summed E-state index contributed by atoms with van der Waals surface area (Å²) in [6.07, 6.45) is 4.88. The van der Waals surface area contributed by atoms with Crippen molar-refractivity contribution in [3.8, 4) is 0 Å². The molecular weight excluding hydrogens is 152 g/mol. The van der Waals surface area contributed by atoms with Crippen molar-refractivity contribution >= 4 is 5.97 Å². The van der Waals surface area contributed by atoms with E-state index in [4.69, 9.17) is 4.74 Å². The van der Waals surface area contributed by atoms with Gasteiger partial charge in [0.1, 0.15) is 6.10 Å². The third-order valence-electron chi connectivity index (χ3n) is 1.16. The van der Waals surface area contributed by atoms with Crippen LogP contribution in [0.5, 0.6) is 0 Å². The predicted octanol–water partition coefficient (Wildman–Crippen LogP) is 2.24. The first-order valence-corrected chi connectivity index (χ1v) is 3.73. The van der Waals surface area contributed by atoms with Gasteiger partial charge in [-0.1, -0.05) is 25.3 Å². The summed E-state index contributed by atoms with van der Waals surface area (Å²) in [6, 6.07) is 0. The summed E-state index contributed by atoms with van der Waals surface area (Å²) in [5.74, 6) is -0.365. The maximum absolute atomic E-state index is 10.9. The highest BCUT2D eigenvalue weighted by Crippen LogP contribution is 1.99. The molecule has 0 fully saturated rings. The average molecular weight is 166 g/mol. The molecule has 1 atom stereocenters. The van der Waals surface area contributed by atoms with E-state index in [9.17, 15) is 4.79 Å². The van der Waals surface area contributed by atoms with Crippen LogP contribution in [0.15, 0.2) is 37.0 Å². The van der Waals surface area contributed by atoms with Crippen LogP contribution in [0.3, 0.4) is 0 Å². The molecule has 0 saturated carbocycles. The Hall–Kier alpha value is -1.31. The summed E-state index contributed by atoms with van der Waals surface area (Å²) >= 11 is 0. The Labute approximate surface area is 73.2 Å². The Morgan fingerprint density at radius 2 is 2.17 bits per heavy atom. The second-order valence-electron chi connectivity index (χ2n) is 2.51. The van der Waals surface area contributed by atoms with Crippen molar-refractivity contribution in [1.82, 2.24) is 0 Å². The van der Waals surface area contributed by atoms with E-state index < -0.39 is 0 Å². The lowest BCUT2D eigenvalue weighted by molar-refractivity contribution is -0.141. The first-order chi connectivity index (χ1) is 5.57. The number of allylic oxidation sites excluding steroid dienone is 2. The molecule has 0 aliphatic carbocycles. The number of hydrogen-bond acceptors (Lipinski definition) is 2. The van der Waals surface area contributed by atoms with E-state index in [1.54, 1.807) is 32.1 Å². The minimum atomic E-state index is -0.365. The van der Waals surface area contributed by atoms with Crippen LogP contribution in [-0.4, -0.2) is 12.1 Å². The van der Waals surface area contributed by atoms with Gasteiger partial charge in [0.05, 0.1) is 0 Å². The summed E-state index contributed by atoms with van der Waals surface area (Å²) < 4.78 is 4.94. The van der Waals surface area contributed by atoms with Crippen LogP contribution in [0, 0.1) is 0 Å². The Morgan fingerprint density at radius 1 is 1.58 bits per heavy atom. The normalized spacial score (nSPS) is 12.5. The predicted molar refractivity (Wildman–Crippen MR) is 49.7 cm³/mol. The SMILES string of the molecule is C=CC=CC(C)OC(=O)C(=C)C. The molecule has 0 aliphatic rings. The smallest absolute Gasteiger partial charge is 0.333 e. The van der Waals surface area contributed by atoms with E-state index >= 15 is 0 Å². The summed E-state index contributed by atoms with van der Waals surface area (Å²) in [5, 5.41) is 0. The molecule has 0 aromatic rings. The average Bonchev–Trinajstić information content (AvgIpc) is 2.00. The fraction of sp³-hybridized carbons (Fsp3) is 0.300. The van der Waals surface area contributed by atoms with Gasteiger partial charge in [-0.15, -0.1) is 0 Å². The molecule has 2 nitrogen and oxygen atoms in total. The van der Waals surface area contributed by atoms with Gasteiger partial charge in [-0.05, 0) is 19.9 Å². The van der Waals surface area contributed by atoms with Crippen molar-refractivity contribution in [3.05, 3.63) is 37.0 Å². The quantitative estimate of drug-likeness (QED) is 0.363. The lowest BCUT2D eigenvalue weighted by Crippen LogP contribution is -2.12. The molecule has 0 bridgehead atoms. The summed E-state index contributed by atoms with van der Waals surface area (Å²) in [4.78, 5) is 10.9. The number of hydrogen-bond donors (Lipinski definition) is 0. The molecule has 0 aromatic carbocycles. The number of carbonyl (C=O) groups is 1. The third kappa shape index (κ3) is 4.50. The molecule has 2 heteroatoms. The monoisotopic (exact) mass is 166 g/mol. The molecule has 0 aliphatic heterocycles. The van der Waals surface area contributed by atoms with Gasteiger partial charge in [0, 0.05) is 5.57 Å². The van der Waals surface area contributed by atoms with Gasteiger partial charge in [0.2, 0.25) is 0 Å². The highest BCUT2D eigenvalue weighted by Gasteiger charge is 2.05. The Morgan fingerprint density at radius 3 is 2.58 bits per heavy atom. The molecule has 0 N–H and O–H groups in total. The maximum atomic E-state index is 10.9. The van der Waals surface area contributed by atoms with Crippen LogP contribution < -0.4 is 0 Å². The van der Waals surface area contributed by atoms with Gasteiger partial charge in [-0.3, -0.25) is 0 Å². The summed E-state index contributed by atoms with van der Waals surface area (Å²) in [6.45, 7) is 10.4. The van der Waals surface area contributed by atoms with Gasteiger partial charge in [0.15, 0.2) is 0 Å². The standard InChI is InChI=1S/C10H14O2/c1-5-6-7-9(4)12-10(11)8(2)3/h5-7,9H,1-2H2,3-4H3. The summed E-state index contributed by atoms with van der Waals surface area (Å²) in [7, 11) is 0. The van der Waals surface area contributed by atoms with Crippen LogP contribution in [0.2, 0.25) is 0 Å². The zero-order chi connectivity index (χ0) is 9.56. The zero-order valence-electron chi connectivity index (χ0n) is 7.54. The Bertz CT molecular complexity index is 214. The minimum Gasteiger partial charge on any atom is -0.455 e. The van der Waals surface area contributed by atoms with Crippen molar-refractivity contribution in [1.29, 1.82) is 0 Å². The van der Waals surface area contributed by atoms with E-state index in [1.165, 1.54) is 0 Å². The van der Waals surface area contributed by atoms with Crippen LogP contribution >= 0.6 is 0 Å². The van der Waals surface area contributed by atoms with Gasteiger partial charge in [-0.2, -0.15) is 0 Å². The highest BCUT2D eigenvalue weighted by molar-refractivity contribution is 5.87. The van der Waals surface area contributed by atoms with E-state index in [-0.39, 0.29) is 12.1 Å². The van der Waals surface area contributed by atoms with Gasteiger partial charge < -0.3 is 4.74 Å². The van der Waals surface area contributed by atoms with Crippen molar-refractivity contribution in [2.24, 2.45) is 0 Å². The lowest BCUT2D eigenvalue weighted by Gasteiger charge is -2.07. The fourth-order valence-corrected chi connectivity index (χ4v) is 0.544. The molecule has 66 valence electrons. The molecule has 0 heterocycles. The fourth-order valence-electron chi connectivity index (χ4n) is 0.544.